The van der Waals surface area contributed by atoms with Gasteiger partial charge in [0.1, 0.15) is 0 Å². The largest absolute Gasteiger partial charge is 0.381 e. The third kappa shape index (κ3) is 401. The average Bonchev–Trinajstić information content (AvgIpc) is 3.01. The maximum atomic E-state index is 11.0. The number of rotatable bonds is 7. The topological polar surface area (TPSA) is 38.3 Å². The fourth-order valence-electron chi connectivity index (χ4n) is 0.764. The van der Waals surface area contributed by atoms with Crippen LogP contribution < -0.4 is 5.32 Å². The standard InChI is InChI=1S/C9H19NO2.11F2/c1-3-6-10-9(11)5-8-12-7-4-2;11*1-2/h3-8H2,1-2H3,(H,10,11);;;;;;;;;;;. The summed E-state index contributed by atoms with van der Waals surface area (Å²) >= 11 is 0. The second kappa shape index (κ2) is 349. The number of amides is 1. The molecule has 0 aliphatic rings. The number of ether oxygens (including phenoxy) is 1. The molecule has 1 N–H and O–H groups in total. The van der Waals surface area contributed by atoms with Crippen molar-refractivity contribution in [2.75, 3.05) is 19.8 Å². The number of nitrogens with one attached hydrogen (secondary N) is 1. The van der Waals surface area contributed by atoms with Crippen LogP contribution in [-0.2, 0) is 9.53 Å². The Morgan fingerprint density at radius 1 is 0.500 bits per heavy atom. The predicted octanol–water partition coefficient (Wildman–Crippen LogP) is 10.6. The highest BCUT2D eigenvalue weighted by atomic mass is 20.0. The summed E-state index contributed by atoms with van der Waals surface area (Å²) in [5.41, 5.74) is 0. The summed E-state index contributed by atoms with van der Waals surface area (Å²) in [6, 6.07) is 0. The van der Waals surface area contributed by atoms with Gasteiger partial charge in [0.25, 0.3) is 0 Å². The van der Waals surface area contributed by atoms with Gasteiger partial charge in [-0.15, -0.1) is 0 Å². The van der Waals surface area contributed by atoms with Crippen LogP contribution in [0.15, 0.2) is 0 Å². The van der Waals surface area contributed by atoms with E-state index in [1.165, 1.54) is 0 Å². The number of carbonyl (C=O) groups excluding carboxylic acids is 1. The lowest BCUT2D eigenvalue weighted by Crippen LogP contribution is -2.25. The van der Waals surface area contributed by atoms with Gasteiger partial charge in [0.2, 0.25) is 5.91 Å². The third-order valence-corrected chi connectivity index (χ3v) is 1.39. The van der Waals surface area contributed by atoms with Crippen molar-refractivity contribution in [3.63, 3.8) is 0 Å². The molecule has 0 bridgehead atoms. The molecule has 0 rings (SSSR count). The Labute approximate surface area is 176 Å². The van der Waals surface area contributed by atoms with E-state index in [1.54, 1.807) is 0 Å². The summed E-state index contributed by atoms with van der Waals surface area (Å²) in [5, 5.41) is 2.79. The minimum Gasteiger partial charge on any atom is -0.381 e. The van der Waals surface area contributed by atoms with Gasteiger partial charge in [-0.05, 0) is 12.8 Å². The van der Waals surface area contributed by atoms with Crippen molar-refractivity contribution < 1.29 is 110 Å². The van der Waals surface area contributed by atoms with E-state index < -0.39 is 0 Å². The van der Waals surface area contributed by atoms with Gasteiger partial charge in [0.15, 0.2) is 0 Å². The molecule has 0 aromatic carbocycles. The lowest BCUT2D eigenvalue weighted by atomic mass is 10.4. The van der Waals surface area contributed by atoms with Gasteiger partial charge in [-0.3, -0.25) is 4.79 Å². The highest BCUT2D eigenvalue weighted by molar-refractivity contribution is 5.75. The molecule has 1 amide bonds. The zero-order valence-corrected chi connectivity index (χ0v) is 16.4. The predicted molar refractivity (Wildman–Crippen MR) is 73.4 cm³/mol. The Morgan fingerprint density at radius 2 is 0.765 bits per heavy atom. The van der Waals surface area contributed by atoms with E-state index in [9.17, 15) is 4.79 Å². The molecule has 0 aliphatic carbocycles. The number of carbonyl (C=O) groups is 1. The smallest absolute Gasteiger partial charge is 0.222 e. The van der Waals surface area contributed by atoms with Crippen LogP contribution in [0.2, 0.25) is 0 Å². The van der Waals surface area contributed by atoms with Crippen molar-refractivity contribution in [1.29, 1.82) is 0 Å². The van der Waals surface area contributed by atoms with E-state index in [0.29, 0.717) is 13.0 Å². The molecule has 0 fully saturated rings. The first-order chi connectivity index (χ1) is 16.8. The molecule has 0 atom stereocenters. The molecule has 0 radical (unpaired) electrons. The van der Waals surface area contributed by atoms with Gasteiger partial charge in [0.05, 0.1) is 6.61 Å². The maximum absolute atomic E-state index is 11.0. The van der Waals surface area contributed by atoms with Crippen LogP contribution >= 0.6 is 0 Å². The molecule has 0 spiro atoms. The third-order valence-electron chi connectivity index (χ3n) is 1.39. The van der Waals surface area contributed by atoms with Crippen LogP contribution in [0, 0.1) is 0 Å². The summed E-state index contributed by atoms with van der Waals surface area (Å²) in [6.45, 7) is 6.15. The molecule has 0 aromatic rings. The summed E-state index contributed by atoms with van der Waals surface area (Å²) in [5.74, 6) is 0.0907. The molecular weight excluding hydrogens is 572 g/mol. The van der Waals surface area contributed by atoms with Gasteiger partial charge < -0.3 is 10.1 Å². The highest BCUT2D eigenvalue weighted by Crippen LogP contribution is 1.85. The molecule has 0 unspecified atom stereocenters. The van der Waals surface area contributed by atoms with Gasteiger partial charge in [-0.1, -0.05) is 13.8 Å². The zero-order valence-electron chi connectivity index (χ0n) is 16.4. The lowest BCUT2D eigenvalue weighted by Gasteiger charge is -2.03. The number of halogens is 22. The fraction of sp³-hybridized carbons (Fsp3) is 0.889. The molecule has 0 aromatic heterocycles. The Balaban J connectivity index is -0.0000000186. The molecule has 25 heteroatoms. The first-order valence-electron chi connectivity index (χ1n) is 6.22. The summed E-state index contributed by atoms with van der Waals surface area (Å²) in [6.07, 6.45) is 2.48. The van der Waals surface area contributed by atoms with Crippen LogP contribution in [0.5, 0.6) is 0 Å². The van der Waals surface area contributed by atoms with Crippen LogP contribution in [0.4, 0.5) is 101 Å². The molecule has 0 saturated carbocycles. The molecule has 0 saturated heterocycles. The Bertz CT molecular complexity index is 147. The van der Waals surface area contributed by atoms with E-state index in [-0.39, 0.29) is 5.91 Å². The Hall–Kier alpha value is -2.11. The highest BCUT2D eigenvalue weighted by Gasteiger charge is 1.98. The van der Waals surface area contributed by atoms with Crippen molar-refractivity contribution in [2.45, 2.75) is 33.1 Å². The van der Waals surface area contributed by atoms with Gasteiger partial charge in [-0.25, -0.2) is 0 Å². The summed E-state index contributed by atoms with van der Waals surface area (Å²) < 4.78 is 181. The van der Waals surface area contributed by atoms with Gasteiger partial charge in [-0.2, -0.15) is 0 Å². The number of hydrogen-bond donors (Lipinski definition) is 1. The molecule has 0 aliphatic heterocycles. The van der Waals surface area contributed by atoms with Crippen LogP contribution in [0.3, 0.4) is 0 Å². The SMILES string of the molecule is CCCNC(=O)CCOCCC.FF.FF.FF.FF.FF.FF.FF.FF.FF.FF.FF. The molecule has 34 heavy (non-hydrogen) atoms. The van der Waals surface area contributed by atoms with Crippen LogP contribution in [0.1, 0.15) is 33.1 Å². The van der Waals surface area contributed by atoms with Crippen molar-refractivity contribution in [1.82, 2.24) is 5.32 Å². The van der Waals surface area contributed by atoms with Gasteiger partial charge in [0, 0.05) is 120 Å². The van der Waals surface area contributed by atoms with Gasteiger partial charge >= 0.3 is 0 Å². The first-order valence-corrected chi connectivity index (χ1v) is 6.22. The van der Waals surface area contributed by atoms with E-state index in [0.717, 1.165) is 26.0 Å². The monoisotopic (exact) mass is 591 g/mol. The lowest BCUT2D eigenvalue weighted by molar-refractivity contribution is -0.122. The fourth-order valence-corrected chi connectivity index (χ4v) is 0.764. The van der Waals surface area contributed by atoms with Crippen molar-refractivity contribution in [3.05, 3.63) is 0 Å². The minimum atomic E-state index is 0.0907. The van der Waals surface area contributed by atoms with Crippen molar-refractivity contribution >= 4 is 5.91 Å². The van der Waals surface area contributed by atoms with Crippen LogP contribution in [0.25, 0.3) is 0 Å². The summed E-state index contributed by atoms with van der Waals surface area (Å²) in [4.78, 5) is 11.0. The second-order valence-corrected chi connectivity index (χ2v) is 2.71. The van der Waals surface area contributed by atoms with E-state index in [4.69, 9.17) is 105 Å². The molecule has 0 heterocycles. The van der Waals surface area contributed by atoms with Crippen molar-refractivity contribution in [3.8, 4) is 0 Å². The molecular formula is C9H19F22NO2. The summed E-state index contributed by atoms with van der Waals surface area (Å²) in [7, 11) is 0. The first kappa shape index (κ1) is 76.9. The number of hydrogen-bond acceptors (Lipinski definition) is 2. The quantitative estimate of drug-likeness (QED) is 0.236. The van der Waals surface area contributed by atoms with Crippen molar-refractivity contribution in [2.24, 2.45) is 0 Å². The molecule has 226 valence electrons. The Morgan fingerprint density at radius 3 is 0.971 bits per heavy atom. The minimum absolute atomic E-state index is 0.0907. The maximum Gasteiger partial charge on any atom is 0.222 e. The average molecular weight is 591 g/mol. The normalized spacial score (nSPS) is 5.41. The van der Waals surface area contributed by atoms with Crippen LogP contribution in [-0.4, -0.2) is 25.7 Å². The van der Waals surface area contributed by atoms with E-state index >= 15 is 0 Å². The second-order valence-electron chi connectivity index (χ2n) is 2.71. The van der Waals surface area contributed by atoms with E-state index in [2.05, 4.69) is 12.2 Å². The zero-order chi connectivity index (χ0) is 31.2. The Kier molecular flexibility index (Phi) is 790. The molecule has 3 nitrogen and oxygen atoms in total. The van der Waals surface area contributed by atoms with E-state index in [1.807, 2.05) is 6.92 Å².